The van der Waals surface area contributed by atoms with E-state index in [0.717, 1.165) is 30.7 Å². The van der Waals surface area contributed by atoms with E-state index in [4.69, 9.17) is 4.74 Å². The summed E-state index contributed by atoms with van der Waals surface area (Å²) in [6, 6.07) is 21.4. The predicted octanol–water partition coefficient (Wildman–Crippen LogP) is 4.35. The first-order valence-corrected chi connectivity index (χ1v) is 9.38. The van der Waals surface area contributed by atoms with Gasteiger partial charge in [0, 0.05) is 24.8 Å². The third-order valence-electron chi connectivity index (χ3n) is 4.62. The lowest BCUT2D eigenvalue weighted by molar-refractivity contribution is 0.120. The first kappa shape index (κ1) is 18.0. The van der Waals surface area contributed by atoms with Crippen molar-refractivity contribution in [2.75, 3.05) is 23.8 Å². The highest BCUT2D eigenvalue weighted by Gasteiger charge is 2.16. The summed E-state index contributed by atoms with van der Waals surface area (Å²) in [7, 11) is 0. The molecule has 1 unspecified atom stereocenters. The van der Waals surface area contributed by atoms with E-state index < -0.39 is 0 Å². The van der Waals surface area contributed by atoms with Crippen LogP contribution >= 0.6 is 0 Å². The number of para-hydroxylation sites is 1. The van der Waals surface area contributed by atoms with Gasteiger partial charge in [-0.25, -0.2) is 4.98 Å². The van der Waals surface area contributed by atoms with Crippen LogP contribution in [-0.2, 0) is 4.74 Å². The first-order chi connectivity index (χ1) is 13.8. The molecule has 2 heterocycles. The van der Waals surface area contributed by atoms with Crippen molar-refractivity contribution < 1.29 is 4.74 Å². The summed E-state index contributed by atoms with van der Waals surface area (Å²) in [4.78, 5) is 9.26. The second-order valence-electron chi connectivity index (χ2n) is 6.63. The molecule has 2 aromatic carbocycles. The normalized spacial score (nSPS) is 15.8. The fourth-order valence-corrected chi connectivity index (χ4v) is 3.19. The highest BCUT2D eigenvalue weighted by molar-refractivity contribution is 5.69. The number of ether oxygens (including phenoxy) is 1. The van der Waals surface area contributed by atoms with Crippen molar-refractivity contribution in [3.05, 3.63) is 66.2 Å². The number of hydrogen-bond donors (Lipinski definition) is 2. The summed E-state index contributed by atoms with van der Waals surface area (Å²) in [5.41, 5.74) is 3.09. The molecule has 1 aliphatic heterocycles. The van der Waals surface area contributed by atoms with Gasteiger partial charge in [0.25, 0.3) is 0 Å². The maximum Gasteiger partial charge on any atom is 0.225 e. The van der Waals surface area contributed by atoms with Crippen LogP contribution < -0.4 is 10.6 Å². The van der Waals surface area contributed by atoms with E-state index in [1.165, 1.54) is 0 Å². The van der Waals surface area contributed by atoms with Gasteiger partial charge in [-0.2, -0.15) is 10.2 Å². The van der Waals surface area contributed by atoms with Gasteiger partial charge >= 0.3 is 0 Å². The van der Waals surface area contributed by atoms with E-state index in [1.807, 2.05) is 54.6 Å². The Bertz CT molecular complexity index is 978. The Hall–Kier alpha value is -3.43. The third kappa shape index (κ3) is 4.27. The van der Waals surface area contributed by atoms with Crippen molar-refractivity contribution in [2.24, 2.45) is 0 Å². The molecule has 0 bridgehead atoms. The van der Waals surface area contributed by atoms with E-state index in [1.54, 1.807) is 6.07 Å². The summed E-state index contributed by atoms with van der Waals surface area (Å²) in [6.07, 6.45) is 2.33. The molecule has 4 rings (SSSR count). The van der Waals surface area contributed by atoms with Gasteiger partial charge in [-0.15, -0.1) is 0 Å². The van der Waals surface area contributed by atoms with Crippen molar-refractivity contribution in [3.63, 3.8) is 0 Å². The average Bonchev–Trinajstić information content (AvgIpc) is 3.27. The van der Waals surface area contributed by atoms with Crippen molar-refractivity contribution in [1.29, 1.82) is 5.26 Å². The minimum Gasteiger partial charge on any atom is -0.376 e. The van der Waals surface area contributed by atoms with Gasteiger partial charge in [0.05, 0.1) is 23.0 Å². The standard InChI is InChI=1S/C22H21N5O/c23-14-17-9-4-5-11-19(17)25-21-13-20(16-7-2-1-3-8-16)26-22(27-21)24-15-18-10-6-12-28-18/h1-5,7-9,11,13,18H,6,10,12,15H2,(H2,24,25,26,27). The van der Waals surface area contributed by atoms with E-state index in [2.05, 4.69) is 26.7 Å². The molecular formula is C22H21N5O. The molecule has 6 nitrogen and oxygen atoms in total. The van der Waals surface area contributed by atoms with Crippen molar-refractivity contribution in [3.8, 4) is 17.3 Å². The van der Waals surface area contributed by atoms with Crippen molar-refractivity contribution in [2.45, 2.75) is 18.9 Å². The first-order valence-electron chi connectivity index (χ1n) is 9.38. The maximum absolute atomic E-state index is 9.34. The van der Waals surface area contributed by atoms with Gasteiger partial charge in [0.15, 0.2) is 0 Å². The van der Waals surface area contributed by atoms with Crippen LogP contribution in [0.2, 0.25) is 0 Å². The largest absolute Gasteiger partial charge is 0.376 e. The van der Waals surface area contributed by atoms with Crippen LogP contribution in [0, 0.1) is 11.3 Å². The van der Waals surface area contributed by atoms with Crippen molar-refractivity contribution >= 4 is 17.5 Å². The number of nitriles is 1. The molecular weight excluding hydrogens is 350 g/mol. The zero-order valence-electron chi connectivity index (χ0n) is 15.4. The second kappa shape index (κ2) is 8.51. The zero-order chi connectivity index (χ0) is 19.2. The number of anilines is 3. The van der Waals surface area contributed by atoms with E-state index in [9.17, 15) is 5.26 Å². The van der Waals surface area contributed by atoms with Gasteiger partial charge in [-0.1, -0.05) is 42.5 Å². The number of aromatic nitrogens is 2. The average molecular weight is 371 g/mol. The maximum atomic E-state index is 9.34. The molecule has 140 valence electrons. The van der Waals surface area contributed by atoms with Gasteiger partial charge in [-0.3, -0.25) is 0 Å². The minimum atomic E-state index is 0.194. The number of nitrogens with one attached hydrogen (secondary N) is 2. The molecule has 0 spiro atoms. The van der Waals surface area contributed by atoms with Crippen molar-refractivity contribution in [1.82, 2.24) is 9.97 Å². The fraction of sp³-hybridized carbons (Fsp3) is 0.227. The Balaban J connectivity index is 1.64. The van der Waals surface area contributed by atoms with Gasteiger partial charge < -0.3 is 15.4 Å². The highest BCUT2D eigenvalue weighted by atomic mass is 16.5. The van der Waals surface area contributed by atoms with Crippen LogP contribution in [0.15, 0.2) is 60.7 Å². The summed E-state index contributed by atoms with van der Waals surface area (Å²) in [6.45, 7) is 1.49. The molecule has 3 aromatic rings. The van der Waals surface area contributed by atoms with E-state index in [0.29, 0.717) is 29.6 Å². The lowest BCUT2D eigenvalue weighted by atomic mass is 10.1. The molecule has 28 heavy (non-hydrogen) atoms. The topological polar surface area (TPSA) is 82.9 Å². The molecule has 1 aliphatic rings. The predicted molar refractivity (Wildman–Crippen MR) is 109 cm³/mol. The second-order valence-corrected chi connectivity index (χ2v) is 6.63. The lowest BCUT2D eigenvalue weighted by Gasteiger charge is -2.14. The molecule has 0 saturated carbocycles. The van der Waals surface area contributed by atoms with Crippen LogP contribution in [0.1, 0.15) is 18.4 Å². The Morgan fingerprint density at radius 1 is 1.07 bits per heavy atom. The Morgan fingerprint density at radius 3 is 2.68 bits per heavy atom. The quantitative estimate of drug-likeness (QED) is 0.670. The minimum absolute atomic E-state index is 0.194. The monoisotopic (exact) mass is 371 g/mol. The molecule has 0 amide bonds. The number of nitrogens with zero attached hydrogens (tertiary/aromatic N) is 3. The van der Waals surface area contributed by atoms with Crippen LogP contribution in [0.25, 0.3) is 11.3 Å². The number of rotatable bonds is 6. The van der Waals surface area contributed by atoms with Gasteiger partial charge in [-0.05, 0) is 25.0 Å². The fourth-order valence-electron chi connectivity index (χ4n) is 3.19. The number of benzene rings is 2. The van der Waals surface area contributed by atoms with Crippen LogP contribution in [-0.4, -0.2) is 29.2 Å². The smallest absolute Gasteiger partial charge is 0.225 e. The highest BCUT2D eigenvalue weighted by Crippen LogP contribution is 2.25. The molecule has 2 N–H and O–H groups in total. The molecule has 1 atom stereocenters. The third-order valence-corrected chi connectivity index (χ3v) is 4.62. The molecule has 1 saturated heterocycles. The zero-order valence-corrected chi connectivity index (χ0v) is 15.4. The molecule has 1 aromatic heterocycles. The molecule has 0 radical (unpaired) electrons. The lowest BCUT2D eigenvalue weighted by Crippen LogP contribution is -2.20. The SMILES string of the molecule is N#Cc1ccccc1Nc1cc(-c2ccccc2)nc(NCC2CCCO2)n1. The molecule has 6 heteroatoms. The summed E-state index contributed by atoms with van der Waals surface area (Å²) >= 11 is 0. The molecule has 0 aliphatic carbocycles. The van der Waals surface area contributed by atoms with Gasteiger partial charge in [0.2, 0.25) is 5.95 Å². The summed E-state index contributed by atoms with van der Waals surface area (Å²) in [5, 5.41) is 15.9. The Labute approximate surface area is 164 Å². The summed E-state index contributed by atoms with van der Waals surface area (Å²) < 4.78 is 5.68. The molecule has 1 fully saturated rings. The van der Waals surface area contributed by atoms with Crippen LogP contribution in [0.4, 0.5) is 17.5 Å². The van der Waals surface area contributed by atoms with E-state index >= 15 is 0 Å². The van der Waals surface area contributed by atoms with Crippen LogP contribution in [0.3, 0.4) is 0 Å². The Morgan fingerprint density at radius 2 is 1.89 bits per heavy atom. The Kier molecular flexibility index (Phi) is 5.46. The van der Waals surface area contributed by atoms with Crippen LogP contribution in [0.5, 0.6) is 0 Å². The van der Waals surface area contributed by atoms with Gasteiger partial charge in [0.1, 0.15) is 11.9 Å². The van der Waals surface area contributed by atoms with E-state index in [-0.39, 0.29) is 6.10 Å². The number of hydrogen-bond acceptors (Lipinski definition) is 6. The summed E-state index contributed by atoms with van der Waals surface area (Å²) in [5.74, 6) is 1.17.